The molecule has 136 valence electrons. The molecule has 0 bridgehead atoms. The molecule has 26 heavy (non-hydrogen) atoms. The summed E-state index contributed by atoms with van der Waals surface area (Å²) in [6, 6.07) is 11.0. The SMILES string of the molecule is COC(=O)c1cccc(NC(=O)/C=C/c2ccccc2OC(F)F)c1C. The van der Waals surface area contributed by atoms with Crippen LogP contribution in [0.3, 0.4) is 0 Å². The van der Waals surface area contributed by atoms with Crippen LogP contribution in [0, 0.1) is 6.92 Å². The second-order valence-corrected chi connectivity index (χ2v) is 5.21. The van der Waals surface area contributed by atoms with Crippen molar-refractivity contribution in [1.29, 1.82) is 0 Å². The summed E-state index contributed by atoms with van der Waals surface area (Å²) in [7, 11) is 1.27. The summed E-state index contributed by atoms with van der Waals surface area (Å²) in [4.78, 5) is 23.8. The van der Waals surface area contributed by atoms with Crippen LogP contribution < -0.4 is 10.1 Å². The second kappa shape index (κ2) is 8.75. The largest absolute Gasteiger partial charge is 0.465 e. The van der Waals surface area contributed by atoms with Crippen LogP contribution in [0.15, 0.2) is 48.5 Å². The molecule has 1 N–H and O–H groups in total. The molecule has 0 unspecified atom stereocenters. The Hall–Kier alpha value is -3.22. The minimum Gasteiger partial charge on any atom is -0.465 e. The van der Waals surface area contributed by atoms with E-state index in [1.165, 1.54) is 25.3 Å². The minimum absolute atomic E-state index is 0.0320. The van der Waals surface area contributed by atoms with Gasteiger partial charge in [0.05, 0.1) is 12.7 Å². The van der Waals surface area contributed by atoms with Crippen LogP contribution >= 0.6 is 0 Å². The van der Waals surface area contributed by atoms with Crippen molar-refractivity contribution in [2.45, 2.75) is 13.5 Å². The molecule has 0 heterocycles. The lowest BCUT2D eigenvalue weighted by Crippen LogP contribution is -2.12. The van der Waals surface area contributed by atoms with Crippen LogP contribution in [0.2, 0.25) is 0 Å². The smallest absolute Gasteiger partial charge is 0.387 e. The third-order valence-corrected chi connectivity index (χ3v) is 3.55. The summed E-state index contributed by atoms with van der Waals surface area (Å²) in [6.45, 7) is -1.28. The van der Waals surface area contributed by atoms with Gasteiger partial charge in [0.2, 0.25) is 5.91 Å². The Morgan fingerprint density at radius 3 is 2.54 bits per heavy atom. The summed E-state index contributed by atoms with van der Waals surface area (Å²) < 4.78 is 33.9. The van der Waals surface area contributed by atoms with Crippen LogP contribution in [0.5, 0.6) is 5.75 Å². The van der Waals surface area contributed by atoms with Gasteiger partial charge in [0.1, 0.15) is 5.75 Å². The number of rotatable bonds is 6. The first-order valence-corrected chi connectivity index (χ1v) is 7.63. The number of ether oxygens (including phenoxy) is 2. The van der Waals surface area contributed by atoms with E-state index in [1.807, 2.05) is 0 Å². The molecular formula is C19H17F2NO4. The maximum atomic E-state index is 12.4. The molecule has 0 aliphatic rings. The lowest BCUT2D eigenvalue weighted by Gasteiger charge is -2.10. The van der Waals surface area contributed by atoms with Gasteiger partial charge in [0.15, 0.2) is 0 Å². The number of methoxy groups -OCH3 is 1. The fourth-order valence-electron chi connectivity index (χ4n) is 2.26. The zero-order valence-corrected chi connectivity index (χ0v) is 14.2. The molecule has 0 aromatic heterocycles. The zero-order valence-electron chi connectivity index (χ0n) is 14.2. The van der Waals surface area contributed by atoms with Crippen molar-refractivity contribution < 1.29 is 27.8 Å². The molecule has 5 nitrogen and oxygen atoms in total. The van der Waals surface area contributed by atoms with Gasteiger partial charge in [0, 0.05) is 17.3 Å². The van der Waals surface area contributed by atoms with Crippen molar-refractivity contribution in [2.75, 3.05) is 12.4 Å². The Kier molecular flexibility index (Phi) is 6.43. The van der Waals surface area contributed by atoms with E-state index in [-0.39, 0.29) is 5.75 Å². The third kappa shape index (κ3) is 4.89. The molecule has 2 aromatic rings. The van der Waals surface area contributed by atoms with Gasteiger partial charge < -0.3 is 14.8 Å². The monoisotopic (exact) mass is 361 g/mol. The molecule has 0 saturated carbocycles. The van der Waals surface area contributed by atoms with Crippen LogP contribution in [0.1, 0.15) is 21.5 Å². The van der Waals surface area contributed by atoms with E-state index in [0.29, 0.717) is 22.4 Å². The topological polar surface area (TPSA) is 64.6 Å². The number of benzene rings is 2. The highest BCUT2D eigenvalue weighted by atomic mass is 19.3. The first kappa shape index (κ1) is 19.1. The minimum atomic E-state index is -2.96. The van der Waals surface area contributed by atoms with Gasteiger partial charge in [-0.2, -0.15) is 8.78 Å². The number of hydrogen-bond acceptors (Lipinski definition) is 4. The molecule has 2 aromatic carbocycles. The van der Waals surface area contributed by atoms with E-state index in [9.17, 15) is 18.4 Å². The number of alkyl halides is 2. The van der Waals surface area contributed by atoms with Gasteiger partial charge >= 0.3 is 12.6 Å². The van der Waals surface area contributed by atoms with Crippen LogP contribution in [-0.4, -0.2) is 25.6 Å². The summed E-state index contributed by atoms with van der Waals surface area (Å²) in [5, 5.41) is 2.64. The number of para-hydroxylation sites is 1. The summed E-state index contributed by atoms with van der Waals surface area (Å²) in [5.41, 5.74) is 1.68. The number of halogens is 2. The zero-order chi connectivity index (χ0) is 19.1. The van der Waals surface area contributed by atoms with E-state index in [4.69, 9.17) is 0 Å². The number of carbonyl (C=O) groups is 2. The number of carbonyl (C=O) groups excluding carboxylic acids is 2. The average Bonchev–Trinajstić information content (AvgIpc) is 2.61. The van der Waals surface area contributed by atoms with Crippen molar-refractivity contribution in [3.63, 3.8) is 0 Å². The first-order chi connectivity index (χ1) is 12.4. The lowest BCUT2D eigenvalue weighted by atomic mass is 10.1. The van der Waals surface area contributed by atoms with E-state index in [1.54, 1.807) is 43.3 Å². The molecular weight excluding hydrogens is 344 g/mol. The highest BCUT2D eigenvalue weighted by Crippen LogP contribution is 2.22. The molecule has 0 aliphatic carbocycles. The average molecular weight is 361 g/mol. The lowest BCUT2D eigenvalue weighted by molar-refractivity contribution is -0.111. The number of amides is 1. The summed E-state index contributed by atoms with van der Waals surface area (Å²) in [5.74, 6) is -1.02. The van der Waals surface area contributed by atoms with Crippen LogP contribution in [0.4, 0.5) is 14.5 Å². The number of esters is 1. The van der Waals surface area contributed by atoms with Crippen molar-refractivity contribution in [3.8, 4) is 5.75 Å². The van der Waals surface area contributed by atoms with Gasteiger partial charge in [-0.1, -0.05) is 24.3 Å². The van der Waals surface area contributed by atoms with E-state index >= 15 is 0 Å². The van der Waals surface area contributed by atoms with E-state index < -0.39 is 18.5 Å². The van der Waals surface area contributed by atoms with Crippen molar-refractivity contribution >= 4 is 23.6 Å². The quantitative estimate of drug-likeness (QED) is 0.623. The van der Waals surface area contributed by atoms with Crippen molar-refractivity contribution in [2.24, 2.45) is 0 Å². The molecule has 0 saturated heterocycles. The Labute approximate surface area is 149 Å². The van der Waals surface area contributed by atoms with Gasteiger partial charge in [-0.05, 0) is 36.8 Å². The van der Waals surface area contributed by atoms with E-state index in [0.717, 1.165) is 0 Å². The van der Waals surface area contributed by atoms with E-state index in [2.05, 4.69) is 14.8 Å². The maximum absolute atomic E-state index is 12.4. The maximum Gasteiger partial charge on any atom is 0.387 e. The van der Waals surface area contributed by atoms with Crippen molar-refractivity contribution in [1.82, 2.24) is 0 Å². The third-order valence-electron chi connectivity index (χ3n) is 3.55. The van der Waals surface area contributed by atoms with Gasteiger partial charge in [0.25, 0.3) is 0 Å². The normalized spacial score (nSPS) is 10.8. The molecule has 0 fully saturated rings. The fraction of sp³-hybridized carbons (Fsp3) is 0.158. The Bertz CT molecular complexity index is 834. The predicted octanol–water partition coefficient (Wildman–Crippen LogP) is 4.03. The first-order valence-electron chi connectivity index (χ1n) is 7.63. The Morgan fingerprint density at radius 1 is 1.12 bits per heavy atom. The van der Waals surface area contributed by atoms with Crippen LogP contribution in [-0.2, 0) is 9.53 Å². The number of hydrogen-bond donors (Lipinski definition) is 1. The molecule has 0 atom stereocenters. The van der Waals surface area contributed by atoms with Crippen LogP contribution in [0.25, 0.3) is 6.08 Å². The molecule has 2 rings (SSSR count). The molecule has 0 radical (unpaired) electrons. The molecule has 0 spiro atoms. The number of anilines is 1. The Balaban J connectivity index is 2.15. The van der Waals surface area contributed by atoms with Gasteiger partial charge in [-0.15, -0.1) is 0 Å². The highest BCUT2D eigenvalue weighted by molar-refractivity contribution is 6.03. The Morgan fingerprint density at radius 2 is 1.85 bits per heavy atom. The van der Waals surface area contributed by atoms with Gasteiger partial charge in [-0.25, -0.2) is 4.79 Å². The second-order valence-electron chi connectivity index (χ2n) is 5.21. The molecule has 1 amide bonds. The number of nitrogens with one attached hydrogen (secondary N) is 1. The molecule has 7 heteroatoms. The van der Waals surface area contributed by atoms with Crippen molar-refractivity contribution in [3.05, 3.63) is 65.2 Å². The molecule has 0 aliphatic heterocycles. The fourth-order valence-corrected chi connectivity index (χ4v) is 2.26. The predicted molar refractivity (Wildman–Crippen MR) is 93.3 cm³/mol. The standard InChI is InChI=1S/C19H17F2NO4/c1-12-14(18(24)25-2)7-5-8-15(12)22-17(23)11-10-13-6-3-4-9-16(13)26-19(20)21/h3-11,19H,1-2H3,(H,22,23)/b11-10+. The summed E-state index contributed by atoms with van der Waals surface area (Å²) >= 11 is 0. The van der Waals surface area contributed by atoms with Gasteiger partial charge in [-0.3, -0.25) is 4.79 Å². The highest BCUT2D eigenvalue weighted by Gasteiger charge is 2.13. The summed E-state index contributed by atoms with van der Waals surface area (Å²) in [6.07, 6.45) is 2.56.